The summed E-state index contributed by atoms with van der Waals surface area (Å²) in [5.74, 6) is 1.03. The van der Waals surface area contributed by atoms with Gasteiger partial charge in [-0.2, -0.15) is 0 Å². The molecule has 0 amide bonds. The summed E-state index contributed by atoms with van der Waals surface area (Å²) in [6.07, 6.45) is 7.62. The third kappa shape index (κ3) is 3.55. The van der Waals surface area contributed by atoms with Gasteiger partial charge in [0.1, 0.15) is 0 Å². The molecule has 1 saturated carbocycles. The van der Waals surface area contributed by atoms with Crippen LogP contribution in [0.15, 0.2) is 0 Å². The van der Waals surface area contributed by atoms with E-state index in [9.17, 15) is 0 Å². The van der Waals surface area contributed by atoms with Crippen LogP contribution in [0.5, 0.6) is 0 Å². The average molecular weight is 278 g/mol. The lowest BCUT2D eigenvalue weighted by molar-refractivity contribution is 0.221. The maximum Gasteiger partial charge on any atom is 0.165 e. The first kappa shape index (κ1) is 13.9. The third-order valence-corrected chi connectivity index (χ3v) is 4.35. The second kappa shape index (κ2) is 6.63. The van der Waals surface area contributed by atoms with Gasteiger partial charge in [-0.15, -0.1) is 5.10 Å². The van der Waals surface area contributed by atoms with E-state index in [4.69, 9.17) is 0 Å². The number of hydrogen-bond acceptors (Lipinski definition) is 5. The van der Waals surface area contributed by atoms with Gasteiger partial charge in [-0.1, -0.05) is 13.3 Å². The van der Waals surface area contributed by atoms with E-state index >= 15 is 0 Å². The second-order valence-corrected chi connectivity index (χ2v) is 6.13. The molecule has 2 fully saturated rings. The molecule has 1 aromatic rings. The van der Waals surface area contributed by atoms with Crippen LogP contribution in [0.1, 0.15) is 51.3 Å². The molecule has 3 rings (SSSR count). The van der Waals surface area contributed by atoms with E-state index in [0.717, 1.165) is 37.9 Å². The number of rotatable bonds is 8. The van der Waals surface area contributed by atoms with Gasteiger partial charge in [0.25, 0.3) is 0 Å². The van der Waals surface area contributed by atoms with E-state index in [1.807, 2.05) is 4.68 Å². The van der Waals surface area contributed by atoms with Gasteiger partial charge < -0.3 is 5.32 Å². The smallest absolute Gasteiger partial charge is 0.165 e. The van der Waals surface area contributed by atoms with Crippen LogP contribution in [0.3, 0.4) is 0 Å². The molecule has 2 aliphatic rings. The Kier molecular flexibility index (Phi) is 4.62. The zero-order chi connectivity index (χ0) is 13.8. The van der Waals surface area contributed by atoms with Crippen LogP contribution in [0, 0.1) is 0 Å². The summed E-state index contributed by atoms with van der Waals surface area (Å²) in [6.45, 7) is 6.37. The van der Waals surface area contributed by atoms with Crippen LogP contribution >= 0.6 is 0 Å². The highest BCUT2D eigenvalue weighted by Crippen LogP contribution is 2.28. The first-order valence-corrected chi connectivity index (χ1v) is 8.09. The first-order chi connectivity index (χ1) is 9.86. The first-order valence-electron chi connectivity index (χ1n) is 8.09. The zero-order valence-corrected chi connectivity index (χ0v) is 12.5. The number of hydrogen-bond donors (Lipinski definition) is 1. The van der Waals surface area contributed by atoms with Crippen molar-refractivity contribution in [1.29, 1.82) is 0 Å². The molecular weight excluding hydrogens is 252 g/mol. The lowest BCUT2D eigenvalue weighted by Gasteiger charge is -2.24. The van der Waals surface area contributed by atoms with Crippen LogP contribution in [-0.2, 0) is 13.1 Å². The number of nitrogens with zero attached hydrogens (tertiary/aromatic N) is 5. The quantitative estimate of drug-likeness (QED) is 0.774. The van der Waals surface area contributed by atoms with Gasteiger partial charge >= 0.3 is 0 Å². The Balaban J connectivity index is 1.59. The molecule has 0 radical (unpaired) electrons. The summed E-state index contributed by atoms with van der Waals surface area (Å²) < 4.78 is 1.99. The number of unbranched alkanes of at least 4 members (excludes halogenated alkanes) is 1. The van der Waals surface area contributed by atoms with Gasteiger partial charge in [0.05, 0.1) is 6.54 Å². The van der Waals surface area contributed by atoms with Gasteiger partial charge in [-0.25, -0.2) is 4.68 Å². The monoisotopic (exact) mass is 278 g/mol. The van der Waals surface area contributed by atoms with Crippen LogP contribution in [-0.4, -0.2) is 50.3 Å². The fourth-order valence-corrected chi connectivity index (χ4v) is 2.98. The molecule has 1 N–H and O–H groups in total. The minimum Gasteiger partial charge on any atom is -0.313 e. The van der Waals surface area contributed by atoms with Gasteiger partial charge in [0.15, 0.2) is 5.82 Å². The van der Waals surface area contributed by atoms with Crippen molar-refractivity contribution in [3.8, 4) is 0 Å². The van der Waals surface area contributed by atoms with E-state index in [-0.39, 0.29) is 0 Å². The Bertz CT molecular complexity index is 408. The van der Waals surface area contributed by atoms with Crippen molar-refractivity contribution in [3.05, 3.63) is 5.82 Å². The second-order valence-electron chi connectivity index (χ2n) is 6.13. The van der Waals surface area contributed by atoms with Crippen molar-refractivity contribution < 1.29 is 0 Å². The molecule has 1 saturated heterocycles. The predicted octanol–water partition coefficient (Wildman–Crippen LogP) is 1.19. The molecule has 1 atom stereocenters. The molecule has 20 heavy (non-hydrogen) atoms. The van der Waals surface area contributed by atoms with Gasteiger partial charge in [0, 0.05) is 25.2 Å². The Labute approximate surface area is 120 Å². The number of aryl methyl sites for hydroxylation is 1. The van der Waals surface area contributed by atoms with Crippen molar-refractivity contribution in [3.63, 3.8) is 0 Å². The van der Waals surface area contributed by atoms with Gasteiger partial charge in [-0.3, -0.25) is 4.90 Å². The highest BCUT2D eigenvalue weighted by molar-refractivity contribution is 4.92. The SMILES string of the molecule is CCCCn1nnnc1CN(CC1CCCN1)C1CC1. The summed E-state index contributed by atoms with van der Waals surface area (Å²) in [4.78, 5) is 2.58. The zero-order valence-electron chi connectivity index (χ0n) is 12.5. The summed E-state index contributed by atoms with van der Waals surface area (Å²) in [5, 5.41) is 15.8. The van der Waals surface area contributed by atoms with Crippen LogP contribution in [0.2, 0.25) is 0 Å². The van der Waals surface area contributed by atoms with Crippen molar-refractivity contribution in [2.75, 3.05) is 13.1 Å². The molecule has 1 aliphatic carbocycles. The molecule has 112 valence electrons. The molecular formula is C14H26N6. The molecule has 0 aromatic carbocycles. The Morgan fingerprint density at radius 2 is 2.25 bits per heavy atom. The molecule has 6 heteroatoms. The summed E-state index contributed by atoms with van der Waals surface area (Å²) in [6, 6.07) is 1.42. The number of aromatic nitrogens is 4. The Hall–Kier alpha value is -1.01. The molecule has 0 bridgehead atoms. The van der Waals surface area contributed by atoms with E-state index < -0.39 is 0 Å². The van der Waals surface area contributed by atoms with Crippen molar-refractivity contribution in [2.24, 2.45) is 0 Å². The maximum absolute atomic E-state index is 4.23. The number of tetrazole rings is 1. The lowest BCUT2D eigenvalue weighted by Crippen LogP contribution is -2.39. The molecule has 2 heterocycles. The standard InChI is InChI=1S/C14H26N6/c1-2-3-9-20-14(16-17-18-20)11-19(13-6-7-13)10-12-5-4-8-15-12/h12-13,15H,2-11H2,1H3. The average Bonchev–Trinajstić information content (AvgIpc) is 3.00. The summed E-state index contributed by atoms with van der Waals surface area (Å²) >= 11 is 0. The topological polar surface area (TPSA) is 58.9 Å². The van der Waals surface area contributed by atoms with E-state index in [1.165, 1.54) is 38.6 Å². The normalized spacial score (nSPS) is 22.8. The highest BCUT2D eigenvalue weighted by Gasteiger charge is 2.32. The molecule has 6 nitrogen and oxygen atoms in total. The minimum atomic E-state index is 0.663. The Morgan fingerprint density at radius 1 is 1.35 bits per heavy atom. The van der Waals surface area contributed by atoms with Crippen molar-refractivity contribution >= 4 is 0 Å². The largest absolute Gasteiger partial charge is 0.313 e. The fraction of sp³-hybridized carbons (Fsp3) is 0.929. The van der Waals surface area contributed by atoms with Crippen molar-refractivity contribution in [2.45, 2.75) is 70.6 Å². The predicted molar refractivity (Wildman–Crippen MR) is 77.2 cm³/mol. The minimum absolute atomic E-state index is 0.663. The summed E-state index contributed by atoms with van der Waals surface area (Å²) in [5.41, 5.74) is 0. The van der Waals surface area contributed by atoms with E-state index in [1.54, 1.807) is 0 Å². The van der Waals surface area contributed by atoms with E-state index in [2.05, 4.69) is 32.7 Å². The molecule has 1 aromatic heterocycles. The molecule has 1 aliphatic heterocycles. The fourth-order valence-electron chi connectivity index (χ4n) is 2.98. The van der Waals surface area contributed by atoms with Gasteiger partial charge in [0.2, 0.25) is 0 Å². The molecule has 1 unspecified atom stereocenters. The van der Waals surface area contributed by atoms with Crippen molar-refractivity contribution in [1.82, 2.24) is 30.4 Å². The van der Waals surface area contributed by atoms with E-state index in [0.29, 0.717) is 6.04 Å². The lowest BCUT2D eigenvalue weighted by atomic mass is 10.2. The third-order valence-electron chi connectivity index (χ3n) is 4.35. The highest BCUT2D eigenvalue weighted by atomic mass is 15.5. The van der Waals surface area contributed by atoms with Gasteiger partial charge in [-0.05, 0) is 49.1 Å². The Morgan fingerprint density at radius 3 is 2.95 bits per heavy atom. The molecule has 0 spiro atoms. The maximum atomic E-state index is 4.23. The van der Waals surface area contributed by atoms with Crippen LogP contribution < -0.4 is 5.32 Å². The van der Waals surface area contributed by atoms with Crippen LogP contribution in [0.4, 0.5) is 0 Å². The summed E-state index contributed by atoms with van der Waals surface area (Å²) in [7, 11) is 0. The number of nitrogens with one attached hydrogen (secondary N) is 1. The van der Waals surface area contributed by atoms with Crippen LogP contribution in [0.25, 0.3) is 0 Å².